The van der Waals surface area contributed by atoms with E-state index in [1.54, 1.807) is 6.07 Å². The van der Waals surface area contributed by atoms with E-state index in [9.17, 15) is 10.2 Å². The molecule has 3 heterocycles. The molecule has 3 N–H and O–H groups in total. The molecule has 0 amide bonds. The lowest BCUT2D eigenvalue weighted by atomic mass is 9.72. The van der Waals surface area contributed by atoms with Crippen LogP contribution in [0.5, 0.6) is 5.75 Å². The molecule has 1 radical (unpaired) electrons. The maximum Gasteiger partial charge on any atom is 0.448 e. The lowest BCUT2D eigenvalue weighted by Gasteiger charge is -2.53. The van der Waals surface area contributed by atoms with Crippen LogP contribution in [0.2, 0.25) is 6.32 Å². The van der Waals surface area contributed by atoms with E-state index in [0.29, 0.717) is 43.3 Å². The number of aliphatic hydroxyl groups is 1. The summed E-state index contributed by atoms with van der Waals surface area (Å²) in [6.45, 7) is 8.48. The largest absolute Gasteiger partial charge is 0.508 e. The van der Waals surface area contributed by atoms with Crippen molar-refractivity contribution in [2.24, 2.45) is 11.8 Å². The van der Waals surface area contributed by atoms with E-state index in [4.69, 9.17) is 14.2 Å². The molecule has 1 aliphatic carbocycles. The smallest absolute Gasteiger partial charge is 0.448 e. The van der Waals surface area contributed by atoms with Gasteiger partial charge < -0.3 is 34.1 Å². The van der Waals surface area contributed by atoms with E-state index in [2.05, 4.69) is 79.5 Å². The van der Waals surface area contributed by atoms with Crippen LogP contribution in [0.15, 0.2) is 84.9 Å². The number of phenols is 1. The van der Waals surface area contributed by atoms with E-state index in [1.807, 2.05) is 12.1 Å². The van der Waals surface area contributed by atoms with E-state index in [0.717, 1.165) is 67.0 Å². The zero-order valence-corrected chi connectivity index (χ0v) is 31.5. The normalized spacial score (nSPS) is 22.1. The van der Waals surface area contributed by atoms with Crippen molar-refractivity contribution in [1.82, 2.24) is 5.32 Å². The molecule has 2 bridgehead atoms. The summed E-state index contributed by atoms with van der Waals surface area (Å²) in [5, 5.41) is 25.2. The Morgan fingerprint density at radius 1 is 0.792 bits per heavy atom. The van der Waals surface area contributed by atoms with Gasteiger partial charge in [-0.05, 0) is 76.9 Å². The Balaban J connectivity index is 0.792. The zero-order valence-electron chi connectivity index (χ0n) is 31.5. The molecule has 2 atom stereocenters. The quantitative estimate of drug-likeness (QED) is 0.0648. The molecule has 0 spiro atoms. The number of ether oxygens (including phenoxy) is 3. The fraction of sp³-hybridized carbons (Fsp3) is 0.511. The minimum absolute atomic E-state index is 0.142. The first kappa shape index (κ1) is 38.1. The number of hydrogen-bond acceptors (Lipinski definition) is 6. The Bertz CT molecular complexity index is 1710. The molecular formula is C45H59BN2O5+. The summed E-state index contributed by atoms with van der Waals surface area (Å²) in [7, 11) is 2.54. The first-order chi connectivity index (χ1) is 26.1. The number of aromatic hydroxyl groups is 1. The van der Waals surface area contributed by atoms with Gasteiger partial charge in [0.2, 0.25) is 0 Å². The Kier molecular flexibility index (Phi) is 13.6. The molecule has 7 nitrogen and oxygen atoms in total. The number of benzene rings is 4. The molecule has 4 aromatic rings. The van der Waals surface area contributed by atoms with E-state index in [-0.39, 0.29) is 12.4 Å². The Hall–Kier alpha value is -3.24. The van der Waals surface area contributed by atoms with Crippen molar-refractivity contribution >= 4 is 18.2 Å². The third-order valence-electron chi connectivity index (χ3n) is 12.3. The molecule has 1 unspecified atom stereocenters. The average molecular weight is 719 g/mol. The molecule has 1 saturated carbocycles. The van der Waals surface area contributed by atoms with Crippen molar-refractivity contribution in [3.8, 4) is 5.75 Å². The highest BCUT2D eigenvalue weighted by atomic mass is 16.5. The molecule has 3 aliphatic heterocycles. The van der Waals surface area contributed by atoms with Crippen molar-refractivity contribution < 1.29 is 28.8 Å². The highest BCUT2D eigenvalue weighted by molar-refractivity contribution is 6.26. The molecule has 4 aliphatic rings. The van der Waals surface area contributed by atoms with Crippen LogP contribution in [0.4, 0.5) is 0 Å². The number of rotatable bonds is 20. The summed E-state index contributed by atoms with van der Waals surface area (Å²) in [5.74, 6) is 2.05. The summed E-state index contributed by atoms with van der Waals surface area (Å²) in [5.41, 5.74) is 5.51. The van der Waals surface area contributed by atoms with Crippen LogP contribution in [-0.2, 0) is 40.5 Å². The summed E-state index contributed by atoms with van der Waals surface area (Å²) in [4.78, 5) is 0. The van der Waals surface area contributed by atoms with Crippen LogP contribution < -0.4 is 5.32 Å². The van der Waals surface area contributed by atoms with Crippen LogP contribution >= 0.6 is 0 Å². The minimum Gasteiger partial charge on any atom is -0.508 e. The molecule has 3 saturated heterocycles. The maximum absolute atomic E-state index is 9.72. The van der Waals surface area contributed by atoms with Gasteiger partial charge in [0.1, 0.15) is 11.9 Å². The van der Waals surface area contributed by atoms with Crippen LogP contribution in [0.3, 0.4) is 0 Å². The third-order valence-corrected chi connectivity index (χ3v) is 12.3. The highest BCUT2D eigenvalue weighted by Crippen LogP contribution is 2.42. The maximum atomic E-state index is 9.72. The molecule has 4 aromatic carbocycles. The summed E-state index contributed by atoms with van der Waals surface area (Å²) < 4.78 is 20.1. The number of quaternary nitrogens is 1. The standard InChI is InChI=1S/C45H59BN2O5/c49-30-40-28-34(16-17-44(40)50)18-22-47-23-27-52-32-36-14-12-35(13-15-36)31-51-26-21-46-48-24-19-39(20-25-48)45(29-48)53-33-43(38-7-1-2-8-38)42-11-5-9-37-6-3-4-10-41(37)42/h3-6,9-17,28,38-39,43,45,47,49-50H,1-2,7-8,18-27,29-33H2/q+1/t39?,43?,45-,48?/m1/s1. The predicted octanol–water partition coefficient (Wildman–Crippen LogP) is 7.54. The number of fused-ring (bicyclic) bond motifs is 4. The Labute approximate surface area is 317 Å². The number of piperidine rings is 3. The van der Waals surface area contributed by atoms with Gasteiger partial charge in [0.25, 0.3) is 0 Å². The van der Waals surface area contributed by atoms with Crippen LogP contribution in [0.25, 0.3) is 10.8 Å². The molecule has 281 valence electrons. The van der Waals surface area contributed by atoms with Crippen LogP contribution in [-0.4, -0.2) is 80.7 Å². The van der Waals surface area contributed by atoms with Crippen molar-refractivity contribution in [3.63, 3.8) is 0 Å². The monoisotopic (exact) mass is 718 g/mol. The molecule has 8 heteroatoms. The molecular weight excluding hydrogens is 659 g/mol. The van der Waals surface area contributed by atoms with Gasteiger partial charge in [0.15, 0.2) is 0 Å². The van der Waals surface area contributed by atoms with Gasteiger partial charge in [-0.3, -0.25) is 0 Å². The van der Waals surface area contributed by atoms with Gasteiger partial charge in [-0.2, -0.15) is 0 Å². The first-order valence-corrected chi connectivity index (χ1v) is 20.2. The van der Waals surface area contributed by atoms with Crippen molar-refractivity contribution in [1.29, 1.82) is 0 Å². The SMILES string of the molecule is OCc1cc(CCNCCOCc2ccc(COCC[B][N+]34CCC(CC3)[C@H](OCC(c3cccc5ccccc35)C3CCCC3)C4)cc2)ccc1O. The fourth-order valence-electron chi connectivity index (χ4n) is 9.20. The lowest BCUT2D eigenvalue weighted by Crippen LogP contribution is -2.65. The van der Waals surface area contributed by atoms with Crippen molar-refractivity contribution in [3.05, 3.63) is 113 Å². The average Bonchev–Trinajstić information content (AvgIpc) is 3.74. The molecule has 8 rings (SSSR count). The summed E-state index contributed by atoms with van der Waals surface area (Å²) in [6, 6.07) is 29.7. The second kappa shape index (κ2) is 18.9. The van der Waals surface area contributed by atoms with Crippen LogP contribution in [0.1, 0.15) is 72.3 Å². The minimum atomic E-state index is -0.152. The summed E-state index contributed by atoms with van der Waals surface area (Å²) >= 11 is 0. The van der Waals surface area contributed by atoms with Gasteiger partial charge in [0.05, 0.1) is 52.7 Å². The molecule has 0 aromatic heterocycles. The molecule has 4 fully saturated rings. The topological polar surface area (TPSA) is 80.2 Å². The Morgan fingerprint density at radius 2 is 1.51 bits per heavy atom. The number of nitrogens with zero attached hydrogens (tertiary/aromatic N) is 1. The van der Waals surface area contributed by atoms with E-state index in [1.165, 1.54) is 73.5 Å². The van der Waals surface area contributed by atoms with E-state index >= 15 is 0 Å². The number of hydrogen-bond donors (Lipinski definition) is 3. The van der Waals surface area contributed by atoms with E-state index < -0.39 is 0 Å². The van der Waals surface area contributed by atoms with Gasteiger partial charge in [0, 0.05) is 49.7 Å². The Morgan fingerprint density at radius 3 is 2.28 bits per heavy atom. The van der Waals surface area contributed by atoms with Gasteiger partial charge >= 0.3 is 7.41 Å². The van der Waals surface area contributed by atoms with Crippen molar-refractivity contribution in [2.75, 3.05) is 52.5 Å². The lowest BCUT2D eigenvalue weighted by molar-refractivity contribution is -0.846. The zero-order chi connectivity index (χ0) is 36.3. The van der Waals surface area contributed by atoms with Crippen molar-refractivity contribution in [2.45, 2.75) is 83.1 Å². The fourth-order valence-corrected chi connectivity index (χ4v) is 9.20. The second-order valence-corrected chi connectivity index (χ2v) is 15.8. The van der Waals surface area contributed by atoms with Gasteiger partial charge in [-0.15, -0.1) is 0 Å². The first-order valence-electron chi connectivity index (χ1n) is 20.2. The van der Waals surface area contributed by atoms with Gasteiger partial charge in [-0.1, -0.05) is 85.6 Å². The summed E-state index contributed by atoms with van der Waals surface area (Å²) in [6.07, 6.45) is 10.1. The number of nitrogens with one attached hydrogen (secondary N) is 1. The van der Waals surface area contributed by atoms with Gasteiger partial charge in [-0.25, -0.2) is 0 Å². The second-order valence-electron chi connectivity index (χ2n) is 15.8. The highest BCUT2D eigenvalue weighted by Gasteiger charge is 2.47. The van der Waals surface area contributed by atoms with Crippen LogP contribution in [0, 0.1) is 11.8 Å². The predicted molar refractivity (Wildman–Crippen MR) is 213 cm³/mol. The third kappa shape index (κ3) is 10.1. The molecule has 53 heavy (non-hydrogen) atoms. The number of aliphatic hydroxyl groups excluding tert-OH is 1.